The smallest absolute Gasteiger partial charge is 0.226 e. The summed E-state index contributed by atoms with van der Waals surface area (Å²) in [4.78, 5) is 23.9. The molecule has 1 fully saturated rings. The van der Waals surface area contributed by atoms with Crippen LogP contribution in [-0.4, -0.2) is 48.4 Å². The monoisotopic (exact) mass is 378 g/mol. The molecular weight excluding hydrogens is 352 g/mol. The Morgan fingerprint density at radius 3 is 2.86 bits per heavy atom. The number of pyridine rings is 1. The zero-order valence-corrected chi connectivity index (χ0v) is 16.4. The number of nitrogens with one attached hydrogen (secondary N) is 1. The minimum Gasteiger partial charge on any atom is -0.384 e. The lowest BCUT2D eigenvalue weighted by Gasteiger charge is -2.40. The first-order valence-corrected chi connectivity index (χ1v) is 9.75. The number of hydrogen-bond donors (Lipinski definition) is 1. The first-order valence-electron chi connectivity index (χ1n) is 9.75. The maximum atomic E-state index is 12.4. The van der Waals surface area contributed by atoms with Crippen molar-refractivity contribution < 1.29 is 9.53 Å². The van der Waals surface area contributed by atoms with E-state index in [2.05, 4.69) is 20.2 Å². The molecule has 1 N–H and O–H groups in total. The molecule has 6 heteroatoms. The zero-order valence-electron chi connectivity index (χ0n) is 16.4. The number of aliphatic imine (C=N–C) groups is 1. The quantitative estimate of drug-likeness (QED) is 0.838. The second kappa shape index (κ2) is 8.10. The number of likely N-dealkylation sites (tertiary alicyclic amines) is 1. The molecule has 1 atom stereocenters. The number of rotatable bonds is 6. The summed E-state index contributed by atoms with van der Waals surface area (Å²) in [5, 5.41) is 3.05. The summed E-state index contributed by atoms with van der Waals surface area (Å²) >= 11 is 0. The van der Waals surface area contributed by atoms with Gasteiger partial charge in [-0.2, -0.15) is 0 Å². The van der Waals surface area contributed by atoms with Gasteiger partial charge in [0.25, 0.3) is 0 Å². The molecule has 6 nitrogen and oxygen atoms in total. The zero-order chi connectivity index (χ0) is 19.5. The molecule has 0 radical (unpaired) electrons. The van der Waals surface area contributed by atoms with Gasteiger partial charge in [0.1, 0.15) is 5.84 Å². The summed E-state index contributed by atoms with van der Waals surface area (Å²) in [6, 6.07) is 12.0. The van der Waals surface area contributed by atoms with Gasteiger partial charge in [-0.1, -0.05) is 30.3 Å². The predicted molar refractivity (Wildman–Crippen MR) is 108 cm³/mol. The standard InChI is InChI=1S/C22H26N4O2/c1-15(17-6-4-3-5-7-17)25-21(27)9-19-8-18-10-24-22(20(18)11-23-19)26-12-16(13-26)14-28-2/h3-8,11,15-16H,9-10,12-14H2,1-2H3,(H,25,27)/t15-/m1/s1. The summed E-state index contributed by atoms with van der Waals surface area (Å²) in [5.74, 6) is 1.59. The number of carbonyl (C=O) groups excluding carboxylic acids is 1. The highest BCUT2D eigenvalue weighted by atomic mass is 16.5. The topological polar surface area (TPSA) is 66.8 Å². The van der Waals surface area contributed by atoms with Crippen LogP contribution in [0.1, 0.15) is 35.3 Å². The third-order valence-corrected chi connectivity index (χ3v) is 5.36. The third-order valence-electron chi connectivity index (χ3n) is 5.36. The van der Waals surface area contributed by atoms with Gasteiger partial charge in [0.2, 0.25) is 5.91 Å². The van der Waals surface area contributed by atoms with Crippen LogP contribution < -0.4 is 5.32 Å². The number of amides is 1. The largest absolute Gasteiger partial charge is 0.384 e. The van der Waals surface area contributed by atoms with Crippen molar-refractivity contribution in [1.82, 2.24) is 15.2 Å². The number of carbonyl (C=O) groups is 1. The lowest BCUT2D eigenvalue weighted by molar-refractivity contribution is -0.121. The lowest BCUT2D eigenvalue weighted by Crippen LogP contribution is -2.51. The van der Waals surface area contributed by atoms with Gasteiger partial charge in [-0.05, 0) is 24.1 Å². The van der Waals surface area contributed by atoms with E-state index in [4.69, 9.17) is 4.74 Å². The third kappa shape index (κ3) is 3.92. The van der Waals surface area contributed by atoms with Gasteiger partial charge in [-0.15, -0.1) is 0 Å². The highest BCUT2D eigenvalue weighted by Gasteiger charge is 2.32. The van der Waals surface area contributed by atoms with Crippen LogP contribution in [0.3, 0.4) is 0 Å². The fourth-order valence-electron chi connectivity index (χ4n) is 3.86. The molecule has 1 amide bonds. The van der Waals surface area contributed by atoms with Gasteiger partial charge < -0.3 is 15.0 Å². The fraction of sp³-hybridized carbons (Fsp3) is 0.409. The molecule has 28 heavy (non-hydrogen) atoms. The molecule has 0 spiro atoms. The number of benzene rings is 1. The Bertz CT molecular complexity index is 875. The Morgan fingerprint density at radius 1 is 1.32 bits per heavy atom. The first-order chi connectivity index (χ1) is 13.6. The average Bonchev–Trinajstić information content (AvgIpc) is 3.07. The normalized spacial score (nSPS) is 16.9. The van der Waals surface area contributed by atoms with Crippen molar-refractivity contribution in [2.75, 3.05) is 26.8 Å². The van der Waals surface area contributed by atoms with Gasteiger partial charge in [0.05, 0.1) is 31.3 Å². The predicted octanol–water partition coefficient (Wildman–Crippen LogP) is 2.34. The van der Waals surface area contributed by atoms with E-state index >= 15 is 0 Å². The van der Waals surface area contributed by atoms with Gasteiger partial charge in [-0.25, -0.2) is 0 Å². The summed E-state index contributed by atoms with van der Waals surface area (Å²) in [6.45, 7) is 5.41. The molecule has 0 saturated carbocycles. The van der Waals surface area contributed by atoms with Crippen molar-refractivity contribution in [2.45, 2.75) is 25.9 Å². The van der Waals surface area contributed by atoms with Crippen molar-refractivity contribution >= 4 is 11.7 Å². The highest BCUT2D eigenvalue weighted by Crippen LogP contribution is 2.26. The average molecular weight is 378 g/mol. The van der Waals surface area contributed by atoms with E-state index in [9.17, 15) is 4.79 Å². The molecule has 4 rings (SSSR count). The van der Waals surface area contributed by atoms with Crippen LogP contribution in [0.5, 0.6) is 0 Å². The fourth-order valence-corrected chi connectivity index (χ4v) is 3.86. The van der Waals surface area contributed by atoms with Crippen molar-refractivity contribution in [2.24, 2.45) is 10.9 Å². The summed E-state index contributed by atoms with van der Waals surface area (Å²) in [5.41, 5.74) is 4.13. The highest BCUT2D eigenvalue weighted by molar-refractivity contribution is 6.02. The minimum atomic E-state index is -0.0236. The van der Waals surface area contributed by atoms with Crippen LogP contribution in [0, 0.1) is 5.92 Å². The Kier molecular flexibility index (Phi) is 5.39. The van der Waals surface area contributed by atoms with E-state index < -0.39 is 0 Å². The van der Waals surface area contributed by atoms with E-state index in [-0.39, 0.29) is 18.4 Å². The molecule has 0 unspecified atom stereocenters. The van der Waals surface area contributed by atoms with Gasteiger partial charge >= 0.3 is 0 Å². The van der Waals surface area contributed by atoms with Gasteiger partial charge in [-0.3, -0.25) is 14.8 Å². The molecule has 2 aromatic rings. The SMILES string of the molecule is COCC1CN(C2=NCc3cc(CC(=O)N[C@H](C)c4ccccc4)ncc32)C1. The van der Waals surface area contributed by atoms with Crippen molar-refractivity contribution in [1.29, 1.82) is 0 Å². The Balaban J connectivity index is 1.35. The van der Waals surface area contributed by atoms with Crippen LogP contribution in [0.25, 0.3) is 0 Å². The summed E-state index contributed by atoms with van der Waals surface area (Å²) in [7, 11) is 1.74. The van der Waals surface area contributed by atoms with Crippen LogP contribution in [0.2, 0.25) is 0 Å². The lowest BCUT2D eigenvalue weighted by atomic mass is 9.99. The summed E-state index contributed by atoms with van der Waals surface area (Å²) in [6.07, 6.45) is 2.15. The van der Waals surface area contributed by atoms with Gasteiger partial charge in [0.15, 0.2) is 0 Å². The molecule has 3 heterocycles. The number of hydrogen-bond acceptors (Lipinski definition) is 5. The molecule has 0 aliphatic carbocycles. The number of fused-ring (bicyclic) bond motifs is 1. The molecule has 2 aliphatic heterocycles. The maximum absolute atomic E-state index is 12.4. The molecule has 2 aliphatic rings. The Hall–Kier alpha value is -2.73. The van der Waals surface area contributed by atoms with E-state index in [1.807, 2.05) is 49.5 Å². The van der Waals surface area contributed by atoms with E-state index in [1.165, 1.54) is 0 Å². The van der Waals surface area contributed by atoms with E-state index in [0.717, 1.165) is 47.9 Å². The van der Waals surface area contributed by atoms with Crippen LogP contribution in [0.4, 0.5) is 0 Å². The summed E-state index contributed by atoms with van der Waals surface area (Å²) < 4.78 is 5.22. The van der Waals surface area contributed by atoms with Crippen LogP contribution in [-0.2, 0) is 22.5 Å². The Morgan fingerprint density at radius 2 is 2.11 bits per heavy atom. The van der Waals surface area contributed by atoms with Crippen molar-refractivity contribution in [3.63, 3.8) is 0 Å². The number of nitrogens with zero attached hydrogens (tertiary/aromatic N) is 3. The number of amidine groups is 1. The maximum Gasteiger partial charge on any atom is 0.226 e. The van der Waals surface area contributed by atoms with Crippen molar-refractivity contribution in [3.05, 3.63) is 65.0 Å². The molecule has 1 aromatic heterocycles. The second-order valence-corrected chi connectivity index (χ2v) is 7.58. The Labute approximate surface area is 165 Å². The molecule has 0 bridgehead atoms. The number of ether oxygens (including phenoxy) is 1. The molecule has 1 saturated heterocycles. The van der Waals surface area contributed by atoms with Crippen LogP contribution in [0.15, 0.2) is 47.6 Å². The molecular formula is C22H26N4O2. The number of aromatic nitrogens is 1. The molecule has 146 valence electrons. The van der Waals surface area contributed by atoms with E-state index in [1.54, 1.807) is 7.11 Å². The second-order valence-electron chi connectivity index (χ2n) is 7.58. The first kappa shape index (κ1) is 18.6. The minimum absolute atomic E-state index is 0.0203. The van der Waals surface area contributed by atoms with E-state index in [0.29, 0.717) is 12.5 Å². The molecule has 1 aromatic carbocycles. The van der Waals surface area contributed by atoms with Crippen molar-refractivity contribution in [3.8, 4) is 0 Å². The number of methoxy groups -OCH3 is 1. The van der Waals surface area contributed by atoms with Gasteiger partial charge in [0, 0.05) is 37.9 Å². The van der Waals surface area contributed by atoms with Crippen LogP contribution >= 0.6 is 0 Å².